The molecule has 1 N–H and O–H groups in total. The highest BCUT2D eigenvalue weighted by Crippen LogP contribution is 2.33. The average Bonchev–Trinajstić information content (AvgIpc) is 3.32. The monoisotopic (exact) mass is 455 g/mol. The number of anilines is 2. The van der Waals surface area contributed by atoms with Gasteiger partial charge in [-0.2, -0.15) is 4.31 Å². The number of nitrogens with zero attached hydrogens (tertiary/aromatic N) is 4. The van der Waals surface area contributed by atoms with Crippen molar-refractivity contribution in [1.29, 1.82) is 0 Å². The topological polar surface area (TPSA) is 87.7 Å². The molecule has 3 rings (SSSR count). The molecule has 0 bridgehead atoms. The van der Waals surface area contributed by atoms with Gasteiger partial charge in [-0.1, -0.05) is 11.6 Å². The number of ether oxygens (including phenoxy) is 1. The fraction of sp³-hybridized carbons (Fsp3) is 0.444. The van der Waals surface area contributed by atoms with E-state index in [1.54, 1.807) is 28.1 Å². The van der Waals surface area contributed by atoms with Crippen molar-refractivity contribution in [2.75, 3.05) is 22.7 Å². The maximum Gasteiger partial charge on any atom is 0.426 e. The van der Waals surface area contributed by atoms with E-state index in [9.17, 15) is 9.59 Å². The normalized spacial score (nSPS) is 16.6. The summed E-state index contributed by atoms with van der Waals surface area (Å²) in [6, 6.07) is 1.84. The number of amides is 2. The van der Waals surface area contributed by atoms with Crippen LogP contribution in [0.25, 0.3) is 0 Å². The molecule has 1 saturated heterocycles. The second-order valence-corrected chi connectivity index (χ2v) is 9.59. The Morgan fingerprint density at radius 3 is 2.86 bits per heavy atom. The quantitative estimate of drug-likeness (QED) is 0.513. The van der Waals surface area contributed by atoms with Gasteiger partial charge in [0.25, 0.3) is 0 Å². The van der Waals surface area contributed by atoms with E-state index in [1.807, 2.05) is 20.8 Å². The molecule has 1 aliphatic heterocycles. The number of carbonyl (C=O) groups excluding carboxylic acids is 2. The van der Waals surface area contributed by atoms with E-state index in [0.29, 0.717) is 34.6 Å². The van der Waals surface area contributed by atoms with E-state index in [0.717, 1.165) is 24.8 Å². The molecular formula is C18H22ClN5O3S2. The van der Waals surface area contributed by atoms with E-state index in [1.165, 1.54) is 15.6 Å². The second-order valence-electron chi connectivity index (χ2n) is 7.44. The van der Waals surface area contributed by atoms with Crippen LogP contribution >= 0.6 is 34.9 Å². The van der Waals surface area contributed by atoms with Crippen LogP contribution in [0.3, 0.4) is 0 Å². The fourth-order valence-electron chi connectivity index (χ4n) is 2.66. The largest absolute Gasteiger partial charge is 0.443 e. The van der Waals surface area contributed by atoms with Crippen LogP contribution in [0.2, 0.25) is 5.02 Å². The number of hydrogen-bond acceptors (Lipinski definition) is 8. The number of halogens is 1. The zero-order valence-corrected chi connectivity index (χ0v) is 18.7. The van der Waals surface area contributed by atoms with Crippen LogP contribution in [0.1, 0.15) is 27.2 Å². The maximum absolute atomic E-state index is 12.7. The predicted molar refractivity (Wildman–Crippen MR) is 116 cm³/mol. The number of aromatic nitrogens is 2. The summed E-state index contributed by atoms with van der Waals surface area (Å²) in [6.07, 6.45) is 2.80. The first kappa shape index (κ1) is 21.7. The molecule has 1 atom stereocenters. The van der Waals surface area contributed by atoms with Crippen molar-refractivity contribution in [3.63, 3.8) is 0 Å². The Bertz CT molecular complexity index is 860. The van der Waals surface area contributed by atoms with Gasteiger partial charge in [-0.05, 0) is 33.3 Å². The Morgan fingerprint density at radius 1 is 1.48 bits per heavy atom. The molecule has 1 unspecified atom stereocenters. The lowest BCUT2D eigenvalue weighted by molar-refractivity contribution is -0.117. The highest BCUT2D eigenvalue weighted by molar-refractivity contribution is 8.01. The van der Waals surface area contributed by atoms with Gasteiger partial charge in [0, 0.05) is 47.6 Å². The lowest BCUT2D eigenvalue weighted by atomic mass is 10.2. The van der Waals surface area contributed by atoms with Crippen LogP contribution in [-0.4, -0.2) is 52.1 Å². The van der Waals surface area contributed by atoms with Crippen molar-refractivity contribution in [1.82, 2.24) is 14.9 Å². The number of rotatable bonds is 6. The number of likely N-dealkylation sites (tertiary alicyclic amines) is 1. The summed E-state index contributed by atoms with van der Waals surface area (Å²) in [5.74, 6) is 1.03. The molecule has 0 saturated carbocycles. The van der Waals surface area contributed by atoms with Crippen molar-refractivity contribution < 1.29 is 14.3 Å². The van der Waals surface area contributed by atoms with E-state index in [-0.39, 0.29) is 6.04 Å². The standard InChI is InChI=1S/C18H22ClN5O3S2/c1-18(2,3)27-17(26)24(15-9-28-10-21-15)29-13-6-14(19)16(20-7-13)22-12-4-5-23(8-12)11-25/h6-7,9-12H,4-5,8H2,1-3H3,(H,20,22). The van der Waals surface area contributed by atoms with Crippen LogP contribution in [0, 0.1) is 0 Å². The Kier molecular flexibility index (Phi) is 6.86. The Labute approximate surface area is 182 Å². The van der Waals surface area contributed by atoms with E-state index in [4.69, 9.17) is 16.3 Å². The summed E-state index contributed by atoms with van der Waals surface area (Å²) >= 11 is 8.93. The number of nitrogens with one attached hydrogen (secondary N) is 1. The molecular weight excluding hydrogens is 434 g/mol. The lowest BCUT2D eigenvalue weighted by Crippen LogP contribution is -2.32. The van der Waals surface area contributed by atoms with Crippen LogP contribution < -0.4 is 9.62 Å². The molecule has 3 heterocycles. The lowest BCUT2D eigenvalue weighted by Gasteiger charge is -2.25. The van der Waals surface area contributed by atoms with Crippen LogP contribution in [0.4, 0.5) is 16.4 Å². The van der Waals surface area contributed by atoms with Gasteiger partial charge < -0.3 is 15.0 Å². The molecule has 2 amide bonds. The Balaban J connectivity index is 1.72. The summed E-state index contributed by atoms with van der Waals surface area (Å²) in [5, 5.41) is 5.46. The van der Waals surface area contributed by atoms with Crippen LogP contribution in [0.15, 0.2) is 28.0 Å². The molecule has 11 heteroatoms. The fourth-order valence-corrected chi connectivity index (χ4v) is 4.32. The Morgan fingerprint density at radius 2 is 2.28 bits per heavy atom. The summed E-state index contributed by atoms with van der Waals surface area (Å²) in [7, 11) is 0. The molecule has 29 heavy (non-hydrogen) atoms. The van der Waals surface area contributed by atoms with Crippen molar-refractivity contribution in [2.24, 2.45) is 0 Å². The highest BCUT2D eigenvalue weighted by atomic mass is 35.5. The summed E-state index contributed by atoms with van der Waals surface area (Å²) in [5.41, 5.74) is 1.02. The zero-order valence-electron chi connectivity index (χ0n) is 16.3. The SMILES string of the molecule is CC(C)(C)OC(=O)N(Sc1cnc(NC2CCN(C=O)C2)c(Cl)c1)c1cscn1. The molecule has 0 aromatic carbocycles. The molecule has 8 nitrogen and oxygen atoms in total. The molecule has 0 spiro atoms. The average molecular weight is 456 g/mol. The van der Waals surface area contributed by atoms with Crippen LogP contribution in [-0.2, 0) is 9.53 Å². The minimum Gasteiger partial charge on any atom is -0.443 e. The third kappa shape index (κ3) is 5.97. The third-order valence-electron chi connectivity index (χ3n) is 3.91. The first-order valence-corrected chi connectivity index (χ1v) is 11.1. The van der Waals surface area contributed by atoms with E-state index in [2.05, 4.69) is 15.3 Å². The highest BCUT2D eigenvalue weighted by Gasteiger charge is 2.27. The first-order valence-electron chi connectivity index (χ1n) is 8.96. The van der Waals surface area contributed by atoms with Crippen molar-refractivity contribution in [3.8, 4) is 0 Å². The van der Waals surface area contributed by atoms with Gasteiger partial charge in [-0.3, -0.25) is 4.79 Å². The number of hydrogen-bond donors (Lipinski definition) is 1. The van der Waals surface area contributed by atoms with Crippen molar-refractivity contribution >= 4 is 59.0 Å². The van der Waals surface area contributed by atoms with Gasteiger partial charge in [-0.25, -0.2) is 14.8 Å². The smallest absolute Gasteiger partial charge is 0.426 e. The van der Waals surface area contributed by atoms with Gasteiger partial charge in [0.2, 0.25) is 6.41 Å². The number of thiazole rings is 1. The van der Waals surface area contributed by atoms with Gasteiger partial charge in [0.1, 0.15) is 11.4 Å². The predicted octanol–water partition coefficient (Wildman–Crippen LogP) is 4.28. The minimum atomic E-state index is -0.633. The summed E-state index contributed by atoms with van der Waals surface area (Å²) in [6.45, 7) is 6.76. The third-order valence-corrected chi connectivity index (χ3v) is 5.72. The molecule has 2 aromatic heterocycles. The van der Waals surface area contributed by atoms with E-state index < -0.39 is 11.7 Å². The minimum absolute atomic E-state index is 0.108. The Hall–Kier alpha value is -2.04. The summed E-state index contributed by atoms with van der Waals surface area (Å²) < 4.78 is 6.87. The van der Waals surface area contributed by atoms with Crippen LogP contribution in [0.5, 0.6) is 0 Å². The molecule has 0 radical (unpaired) electrons. The van der Waals surface area contributed by atoms with Gasteiger partial charge in [-0.15, -0.1) is 11.3 Å². The molecule has 0 aliphatic carbocycles. The molecule has 2 aromatic rings. The number of carbonyl (C=O) groups is 2. The first-order chi connectivity index (χ1) is 13.7. The van der Waals surface area contributed by atoms with Crippen molar-refractivity contribution in [2.45, 2.75) is 43.7 Å². The van der Waals surface area contributed by atoms with E-state index >= 15 is 0 Å². The van der Waals surface area contributed by atoms with Crippen molar-refractivity contribution in [3.05, 3.63) is 28.2 Å². The molecule has 156 valence electrons. The summed E-state index contributed by atoms with van der Waals surface area (Å²) in [4.78, 5) is 34.5. The van der Waals surface area contributed by atoms with Gasteiger partial charge in [0.05, 0.1) is 10.5 Å². The van der Waals surface area contributed by atoms with Gasteiger partial charge in [0.15, 0.2) is 5.82 Å². The second kappa shape index (κ2) is 9.19. The van der Waals surface area contributed by atoms with Gasteiger partial charge >= 0.3 is 6.09 Å². The number of pyridine rings is 1. The zero-order chi connectivity index (χ0) is 21.0. The molecule has 1 aliphatic rings. The molecule has 1 fully saturated rings. The maximum atomic E-state index is 12.7.